The van der Waals surface area contributed by atoms with Crippen LogP contribution in [0.5, 0.6) is 0 Å². The van der Waals surface area contributed by atoms with E-state index in [-0.39, 0.29) is 17.4 Å². The summed E-state index contributed by atoms with van der Waals surface area (Å²) >= 11 is 0. The smallest absolute Gasteiger partial charge is 0.358 e. The van der Waals surface area contributed by atoms with Gasteiger partial charge < -0.3 is 16.2 Å². The van der Waals surface area contributed by atoms with Gasteiger partial charge in [0.05, 0.1) is 11.9 Å². The Balaban J connectivity index is 1.81. The van der Waals surface area contributed by atoms with Gasteiger partial charge in [-0.25, -0.2) is 14.8 Å². The molecule has 0 aliphatic carbocycles. The lowest BCUT2D eigenvalue weighted by molar-refractivity contribution is 0.0691. The molecule has 0 bridgehead atoms. The number of nitrogens with one attached hydrogen (secondary N) is 1. The number of rotatable bonds is 5. The topological polar surface area (TPSA) is 118 Å². The quantitative estimate of drug-likeness (QED) is 0.651. The molecule has 0 aliphatic heterocycles. The van der Waals surface area contributed by atoms with Crippen molar-refractivity contribution in [3.8, 4) is 11.3 Å². The number of benzene rings is 2. The lowest BCUT2D eigenvalue weighted by Crippen LogP contribution is -2.22. The molecule has 0 spiro atoms. The first kappa shape index (κ1) is 17.1. The summed E-state index contributed by atoms with van der Waals surface area (Å²) < 4.78 is 0. The molecule has 7 nitrogen and oxygen atoms in total. The molecule has 7 heteroatoms. The van der Waals surface area contributed by atoms with E-state index in [9.17, 15) is 9.59 Å². The SMILES string of the molecule is Nc1ncc(-c2cccc(C(=O)NCc3ccccc3)c2)nc1C(=O)O. The molecule has 1 heterocycles. The fourth-order valence-electron chi connectivity index (χ4n) is 2.39. The zero-order valence-corrected chi connectivity index (χ0v) is 13.7. The molecular weight excluding hydrogens is 332 g/mol. The first-order valence-electron chi connectivity index (χ1n) is 7.83. The second kappa shape index (κ2) is 7.43. The van der Waals surface area contributed by atoms with Crippen LogP contribution in [0.25, 0.3) is 11.3 Å². The van der Waals surface area contributed by atoms with E-state index in [0.29, 0.717) is 23.4 Å². The van der Waals surface area contributed by atoms with Gasteiger partial charge in [0.1, 0.15) is 0 Å². The maximum absolute atomic E-state index is 12.4. The average molecular weight is 348 g/mol. The Morgan fingerprint density at radius 2 is 1.85 bits per heavy atom. The maximum atomic E-state index is 12.4. The number of nitrogens with two attached hydrogens (primary N) is 1. The van der Waals surface area contributed by atoms with Gasteiger partial charge in [0.25, 0.3) is 5.91 Å². The van der Waals surface area contributed by atoms with Crippen LogP contribution in [-0.2, 0) is 6.54 Å². The number of hydrogen-bond donors (Lipinski definition) is 3. The first-order valence-corrected chi connectivity index (χ1v) is 7.83. The van der Waals surface area contributed by atoms with Crippen molar-refractivity contribution in [2.75, 3.05) is 5.73 Å². The number of amides is 1. The van der Waals surface area contributed by atoms with Crippen molar-refractivity contribution in [1.82, 2.24) is 15.3 Å². The minimum Gasteiger partial charge on any atom is -0.476 e. The highest BCUT2D eigenvalue weighted by atomic mass is 16.4. The fraction of sp³-hybridized carbons (Fsp3) is 0.0526. The van der Waals surface area contributed by atoms with Gasteiger partial charge in [-0.1, -0.05) is 42.5 Å². The van der Waals surface area contributed by atoms with E-state index < -0.39 is 5.97 Å². The van der Waals surface area contributed by atoms with Gasteiger partial charge in [0.15, 0.2) is 11.5 Å². The number of nitrogen functional groups attached to an aromatic ring is 1. The molecule has 0 saturated heterocycles. The van der Waals surface area contributed by atoms with Gasteiger partial charge in [-0.3, -0.25) is 4.79 Å². The summed E-state index contributed by atoms with van der Waals surface area (Å²) in [7, 11) is 0. The highest BCUT2D eigenvalue weighted by Crippen LogP contribution is 2.20. The minimum atomic E-state index is -1.26. The summed E-state index contributed by atoms with van der Waals surface area (Å²) in [4.78, 5) is 31.4. The number of aromatic nitrogens is 2. The van der Waals surface area contributed by atoms with E-state index in [1.807, 2.05) is 30.3 Å². The molecular formula is C19H16N4O3. The predicted molar refractivity (Wildman–Crippen MR) is 96.5 cm³/mol. The normalized spacial score (nSPS) is 10.3. The number of nitrogens with zero attached hydrogens (tertiary/aromatic N) is 2. The van der Waals surface area contributed by atoms with Gasteiger partial charge in [0, 0.05) is 17.7 Å². The molecule has 1 amide bonds. The number of aromatic carboxylic acids is 1. The second-order valence-electron chi connectivity index (χ2n) is 5.54. The van der Waals surface area contributed by atoms with E-state index in [4.69, 9.17) is 10.8 Å². The van der Waals surface area contributed by atoms with E-state index in [1.54, 1.807) is 24.3 Å². The van der Waals surface area contributed by atoms with E-state index in [1.165, 1.54) is 6.20 Å². The standard InChI is InChI=1S/C19H16N4O3/c20-17-16(19(25)26)23-15(11-21-17)13-7-4-8-14(9-13)18(24)22-10-12-5-2-1-3-6-12/h1-9,11H,10H2,(H2,20,21)(H,22,24)(H,25,26). The van der Waals surface area contributed by atoms with Crippen LogP contribution < -0.4 is 11.1 Å². The highest BCUT2D eigenvalue weighted by molar-refractivity contribution is 5.95. The second-order valence-corrected chi connectivity index (χ2v) is 5.54. The lowest BCUT2D eigenvalue weighted by Gasteiger charge is -2.08. The number of hydrogen-bond acceptors (Lipinski definition) is 5. The Kier molecular flexibility index (Phi) is 4.89. The minimum absolute atomic E-state index is 0.155. The van der Waals surface area contributed by atoms with Crippen molar-refractivity contribution in [1.29, 1.82) is 0 Å². The van der Waals surface area contributed by atoms with Crippen molar-refractivity contribution in [2.45, 2.75) is 6.54 Å². The zero-order valence-electron chi connectivity index (χ0n) is 13.7. The van der Waals surface area contributed by atoms with Crippen LogP contribution in [0.4, 0.5) is 5.82 Å². The number of carbonyl (C=O) groups excluding carboxylic acids is 1. The number of anilines is 1. The van der Waals surface area contributed by atoms with Crippen molar-refractivity contribution < 1.29 is 14.7 Å². The molecule has 0 saturated carbocycles. The summed E-state index contributed by atoms with van der Waals surface area (Å²) in [6, 6.07) is 16.3. The van der Waals surface area contributed by atoms with Crippen molar-refractivity contribution in [3.63, 3.8) is 0 Å². The number of carbonyl (C=O) groups is 2. The molecule has 0 atom stereocenters. The van der Waals surface area contributed by atoms with Crippen LogP contribution in [0, 0.1) is 0 Å². The van der Waals surface area contributed by atoms with Crippen LogP contribution in [0.3, 0.4) is 0 Å². The van der Waals surface area contributed by atoms with Crippen LogP contribution in [0.1, 0.15) is 26.4 Å². The van der Waals surface area contributed by atoms with E-state index in [2.05, 4.69) is 15.3 Å². The summed E-state index contributed by atoms with van der Waals surface area (Å²) in [5, 5.41) is 12.0. The largest absolute Gasteiger partial charge is 0.476 e. The molecule has 0 aliphatic rings. The molecule has 26 heavy (non-hydrogen) atoms. The fourth-order valence-corrected chi connectivity index (χ4v) is 2.39. The Labute approximate surface area is 149 Å². The molecule has 4 N–H and O–H groups in total. The van der Waals surface area contributed by atoms with E-state index >= 15 is 0 Å². The Hall–Kier alpha value is -3.74. The monoisotopic (exact) mass is 348 g/mol. The molecule has 3 rings (SSSR count). The summed E-state index contributed by atoms with van der Waals surface area (Å²) in [6.45, 7) is 0.411. The maximum Gasteiger partial charge on any atom is 0.358 e. The van der Waals surface area contributed by atoms with Crippen molar-refractivity contribution in [2.24, 2.45) is 0 Å². The lowest BCUT2D eigenvalue weighted by atomic mass is 10.1. The van der Waals surface area contributed by atoms with Crippen LogP contribution in [0.15, 0.2) is 60.8 Å². The van der Waals surface area contributed by atoms with Crippen LogP contribution in [0.2, 0.25) is 0 Å². The summed E-state index contributed by atoms with van der Waals surface area (Å²) in [5.41, 5.74) is 7.54. The molecule has 0 fully saturated rings. The predicted octanol–water partition coefficient (Wildman–Crippen LogP) is 2.35. The van der Waals surface area contributed by atoms with Gasteiger partial charge >= 0.3 is 5.97 Å². The Morgan fingerprint density at radius 1 is 1.08 bits per heavy atom. The van der Waals surface area contributed by atoms with E-state index in [0.717, 1.165) is 5.56 Å². The number of carboxylic acid groups (broad SMARTS) is 1. The van der Waals surface area contributed by atoms with Gasteiger partial charge in [-0.2, -0.15) is 0 Å². The average Bonchev–Trinajstić information content (AvgIpc) is 2.67. The Morgan fingerprint density at radius 3 is 2.58 bits per heavy atom. The molecule has 0 unspecified atom stereocenters. The zero-order chi connectivity index (χ0) is 18.5. The summed E-state index contributed by atoms with van der Waals surface area (Å²) in [5.74, 6) is -1.65. The van der Waals surface area contributed by atoms with Crippen LogP contribution >= 0.6 is 0 Å². The van der Waals surface area contributed by atoms with Crippen molar-refractivity contribution in [3.05, 3.63) is 77.6 Å². The Bertz CT molecular complexity index is 958. The third-order valence-electron chi connectivity index (χ3n) is 3.72. The first-order chi connectivity index (χ1) is 12.5. The van der Waals surface area contributed by atoms with Gasteiger partial charge in [0.2, 0.25) is 0 Å². The molecule has 130 valence electrons. The van der Waals surface area contributed by atoms with Crippen LogP contribution in [-0.4, -0.2) is 27.0 Å². The molecule has 3 aromatic rings. The third-order valence-corrected chi connectivity index (χ3v) is 3.72. The third kappa shape index (κ3) is 3.84. The molecule has 2 aromatic carbocycles. The van der Waals surface area contributed by atoms with Crippen molar-refractivity contribution >= 4 is 17.7 Å². The highest BCUT2D eigenvalue weighted by Gasteiger charge is 2.14. The van der Waals surface area contributed by atoms with Gasteiger partial charge in [-0.15, -0.1) is 0 Å². The molecule has 1 aromatic heterocycles. The molecule has 0 radical (unpaired) electrons. The summed E-state index contributed by atoms with van der Waals surface area (Å²) in [6.07, 6.45) is 1.38. The number of carboxylic acids is 1. The van der Waals surface area contributed by atoms with Gasteiger partial charge in [-0.05, 0) is 17.7 Å².